The molecule has 0 aliphatic heterocycles. The van der Waals surface area contributed by atoms with E-state index in [1.54, 1.807) is 0 Å². The van der Waals surface area contributed by atoms with Gasteiger partial charge in [0.1, 0.15) is 12.6 Å². The second-order valence-electron chi connectivity index (χ2n) is 2.77. The van der Waals surface area contributed by atoms with Crippen molar-refractivity contribution in [1.29, 1.82) is 5.26 Å². The molecule has 0 aliphatic rings. The van der Waals surface area contributed by atoms with E-state index in [9.17, 15) is 9.59 Å². The van der Waals surface area contributed by atoms with Crippen LogP contribution in [0.5, 0.6) is 0 Å². The average Bonchev–Trinajstić information content (AvgIpc) is 2.23. The lowest BCUT2D eigenvalue weighted by Gasteiger charge is -2.14. The molecule has 0 rings (SSSR count). The highest BCUT2D eigenvalue weighted by Gasteiger charge is 2.20. The van der Waals surface area contributed by atoms with E-state index in [1.165, 1.54) is 14.2 Å². The Hall–Kier alpha value is -1.61. The Balaban J connectivity index is 4.18. The molecular formula is C9H14N2O4. The number of carbonyl (C=O) groups is 2. The number of ether oxygens (including phenoxy) is 2. The number of nitriles is 1. The molecule has 0 saturated carbocycles. The molecule has 6 nitrogen and oxygen atoms in total. The van der Waals surface area contributed by atoms with Gasteiger partial charge in [-0.15, -0.1) is 0 Å². The molecule has 0 unspecified atom stereocenters. The first-order valence-corrected chi connectivity index (χ1v) is 4.38. The normalized spacial score (nSPS) is 11.3. The molecule has 0 spiro atoms. The third-order valence-electron chi connectivity index (χ3n) is 1.64. The molecule has 1 N–H and O–H groups in total. The van der Waals surface area contributed by atoms with Crippen LogP contribution < -0.4 is 5.32 Å². The van der Waals surface area contributed by atoms with Gasteiger partial charge in [-0.3, -0.25) is 4.79 Å². The van der Waals surface area contributed by atoms with Crippen molar-refractivity contribution in [2.24, 2.45) is 0 Å². The summed E-state index contributed by atoms with van der Waals surface area (Å²) in [5, 5.41) is 10.8. The lowest BCUT2D eigenvalue weighted by atomic mass is 10.1. The number of hydrogen-bond acceptors (Lipinski definition) is 5. The van der Waals surface area contributed by atoms with Crippen LogP contribution in [0.4, 0.5) is 0 Å². The number of rotatable bonds is 6. The van der Waals surface area contributed by atoms with E-state index in [4.69, 9.17) is 5.26 Å². The highest BCUT2D eigenvalue weighted by atomic mass is 16.5. The van der Waals surface area contributed by atoms with Gasteiger partial charge in [0.05, 0.1) is 13.2 Å². The van der Waals surface area contributed by atoms with Crippen molar-refractivity contribution in [3.05, 3.63) is 0 Å². The summed E-state index contributed by atoms with van der Waals surface area (Å²) in [6.07, 6.45) is 0.408. The first kappa shape index (κ1) is 13.4. The molecule has 15 heavy (non-hydrogen) atoms. The van der Waals surface area contributed by atoms with Gasteiger partial charge in [-0.05, 0) is 6.42 Å². The molecule has 0 radical (unpaired) electrons. The van der Waals surface area contributed by atoms with Crippen LogP contribution in [0.2, 0.25) is 0 Å². The summed E-state index contributed by atoms with van der Waals surface area (Å²) in [6.45, 7) is -0.125. The van der Waals surface area contributed by atoms with Gasteiger partial charge in [0.15, 0.2) is 0 Å². The minimum atomic E-state index is -0.780. The maximum Gasteiger partial charge on any atom is 0.328 e. The van der Waals surface area contributed by atoms with Gasteiger partial charge in [-0.2, -0.15) is 5.26 Å². The zero-order valence-corrected chi connectivity index (χ0v) is 8.78. The van der Waals surface area contributed by atoms with Crippen molar-refractivity contribution in [2.75, 3.05) is 20.8 Å². The van der Waals surface area contributed by atoms with Crippen LogP contribution in [0.1, 0.15) is 12.8 Å². The Morgan fingerprint density at radius 2 is 2.13 bits per heavy atom. The van der Waals surface area contributed by atoms with Crippen molar-refractivity contribution >= 4 is 11.9 Å². The Bertz CT molecular complexity index is 259. The fraction of sp³-hybridized carbons (Fsp3) is 0.667. The minimum absolute atomic E-state index is 0.125. The van der Waals surface area contributed by atoms with Crippen LogP contribution in [0.3, 0.4) is 0 Å². The number of carbonyl (C=O) groups excluding carboxylic acids is 2. The lowest BCUT2D eigenvalue weighted by molar-refractivity contribution is -0.145. The lowest BCUT2D eigenvalue weighted by Crippen LogP contribution is -2.42. The molecule has 1 amide bonds. The van der Waals surface area contributed by atoms with E-state index < -0.39 is 17.9 Å². The summed E-state index contributed by atoms with van der Waals surface area (Å²) in [5.74, 6) is -0.972. The predicted molar refractivity (Wildman–Crippen MR) is 50.7 cm³/mol. The molecule has 1 atom stereocenters. The Morgan fingerprint density at radius 3 is 2.60 bits per heavy atom. The third-order valence-corrected chi connectivity index (χ3v) is 1.64. The zero-order valence-electron chi connectivity index (χ0n) is 8.78. The summed E-state index contributed by atoms with van der Waals surface area (Å²) in [4.78, 5) is 22.3. The zero-order chi connectivity index (χ0) is 11.7. The molecule has 0 aromatic rings. The summed E-state index contributed by atoms with van der Waals surface area (Å²) in [7, 11) is 2.60. The number of amides is 1. The Morgan fingerprint density at radius 1 is 1.47 bits per heavy atom. The number of methoxy groups -OCH3 is 2. The maximum atomic E-state index is 11.2. The van der Waals surface area contributed by atoms with E-state index in [2.05, 4.69) is 14.8 Å². The molecule has 84 valence electrons. The van der Waals surface area contributed by atoms with E-state index in [0.29, 0.717) is 0 Å². The smallest absolute Gasteiger partial charge is 0.328 e. The van der Waals surface area contributed by atoms with Gasteiger partial charge in [-0.25, -0.2) is 4.79 Å². The number of nitrogens with one attached hydrogen (secondary N) is 1. The first-order valence-electron chi connectivity index (χ1n) is 4.38. The predicted octanol–water partition coefficient (Wildman–Crippen LogP) is -0.406. The number of hydrogen-bond donors (Lipinski definition) is 1. The second-order valence-corrected chi connectivity index (χ2v) is 2.77. The fourth-order valence-corrected chi connectivity index (χ4v) is 0.967. The largest absolute Gasteiger partial charge is 0.467 e. The SMILES string of the molecule is COCC(=O)N[C@@H](CCC#N)C(=O)OC. The van der Waals surface area contributed by atoms with Crippen LogP contribution in [0.15, 0.2) is 0 Å². The summed E-state index contributed by atoms with van der Waals surface area (Å²) < 4.78 is 9.08. The van der Waals surface area contributed by atoms with Gasteiger partial charge < -0.3 is 14.8 Å². The molecule has 0 heterocycles. The molecular weight excluding hydrogens is 200 g/mol. The molecule has 0 bridgehead atoms. The van der Waals surface area contributed by atoms with Crippen molar-refractivity contribution in [1.82, 2.24) is 5.32 Å². The van der Waals surface area contributed by atoms with Gasteiger partial charge >= 0.3 is 5.97 Å². The van der Waals surface area contributed by atoms with E-state index in [0.717, 1.165) is 0 Å². The standard InChI is InChI=1S/C9H14N2O4/c1-14-6-8(12)11-7(4-3-5-10)9(13)15-2/h7H,3-4,6H2,1-2H3,(H,11,12)/t7-/m0/s1. The monoisotopic (exact) mass is 214 g/mol. The molecule has 0 saturated heterocycles. The second kappa shape index (κ2) is 7.76. The van der Waals surface area contributed by atoms with Gasteiger partial charge in [-0.1, -0.05) is 0 Å². The minimum Gasteiger partial charge on any atom is -0.467 e. The summed E-state index contributed by atoms with van der Waals surface area (Å²) in [6, 6.07) is 1.11. The van der Waals surface area contributed by atoms with Crippen molar-refractivity contribution in [3.8, 4) is 6.07 Å². The van der Waals surface area contributed by atoms with Crippen LogP contribution in [-0.2, 0) is 19.1 Å². The highest BCUT2D eigenvalue weighted by molar-refractivity contribution is 5.84. The van der Waals surface area contributed by atoms with Gasteiger partial charge in [0, 0.05) is 13.5 Å². The van der Waals surface area contributed by atoms with Gasteiger partial charge in [0.2, 0.25) is 5.91 Å². The van der Waals surface area contributed by atoms with Crippen LogP contribution in [0, 0.1) is 11.3 Å². The molecule has 0 aromatic carbocycles. The third kappa shape index (κ3) is 5.65. The maximum absolute atomic E-state index is 11.2. The van der Waals surface area contributed by atoms with Crippen LogP contribution in [0.25, 0.3) is 0 Å². The van der Waals surface area contributed by atoms with E-state index in [-0.39, 0.29) is 19.4 Å². The van der Waals surface area contributed by atoms with Crippen LogP contribution >= 0.6 is 0 Å². The quantitative estimate of drug-likeness (QED) is 0.607. The summed E-state index contributed by atoms with van der Waals surface area (Å²) in [5.41, 5.74) is 0. The Kier molecular flexibility index (Phi) is 6.93. The van der Waals surface area contributed by atoms with Crippen molar-refractivity contribution in [3.63, 3.8) is 0 Å². The van der Waals surface area contributed by atoms with Crippen molar-refractivity contribution in [2.45, 2.75) is 18.9 Å². The fourth-order valence-electron chi connectivity index (χ4n) is 0.967. The number of esters is 1. The Labute approximate surface area is 88.2 Å². The molecule has 0 aromatic heterocycles. The van der Waals surface area contributed by atoms with Crippen molar-refractivity contribution < 1.29 is 19.1 Å². The summed E-state index contributed by atoms with van der Waals surface area (Å²) >= 11 is 0. The molecule has 0 fully saturated rings. The highest BCUT2D eigenvalue weighted by Crippen LogP contribution is 1.98. The number of nitrogens with zero attached hydrogens (tertiary/aromatic N) is 1. The first-order chi connectivity index (χ1) is 7.15. The van der Waals surface area contributed by atoms with E-state index in [1.807, 2.05) is 6.07 Å². The molecule has 6 heteroatoms. The topological polar surface area (TPSA) is 88.4 Å². The average molecular weight is 214 g/mol. The molecule has 0 aliphatic carbocycles. The van der Waals surface area contributed by atoms with Crippen LogP contribution in [-0.4, -0.2) is 38.7 Å². The van der Waals surface area contributed by atoms with E-state index >= 15 is 0 Å². The van der Waals surface area contributed by atoms with Gasteiger partial charge in [0.25, 0.3) is 0 Å².